The summed E-state index contributed by atoms with van der Waals surface area (Å²) in [5.41, 5.74) is 0. The highest BCUT2D eigenvalue weighted by Crippen LogP contribution is 1.84. The molecule has 0 fully saturated rings. The van der Waals surface area contributed by atoms with Gasteiger partial charge in [0.05, 0.1) is 0 Å². The third-order valence-corrected chi connectivity index (χ3v) is 0.278. The van der Waals surface area contributed by atoms with E-state index in [0.717, 1.165) is 6.08 Å². The molecule has 0 saturated heterocycles. The molecule has 6 heavy (non-hydrogen) atoms. The van der Waals surface area contributed by atoms with Crippen molar-refractivity contribution in [3.63, 3.8) is 0 Å². The molecule has 0 aliphatic rings. The first-order chi connectivity index (χ1) is 2.91. The SMILES string of the molecule is NSON=C=O. The molecule has 0 saturated carbocycles. The molecule has 0 spiro atoms. The molecular formula is CH2N2O2S. The molecule has 0 aromatic heterocycles. The second-order valence-corrected chi connectivity index (χ2v) is 0.695. The lowest BCUT2D eigenvalue weighted by Crippen LogP contribution is -1.74. The van der Waals surface area contributed by atoms with Crippen molar-refractivity contribution in [3.8, 4) is 0 Å². The summed E-state index contributed by atoms with van der Waals surface area (Å²) in [5, 5.41) is 7.26. The number of nitrogens with zero attached hydrogens (tertiary/aromatic N) is 1. The number of rotatable bonds is 2. The zero-order valence-corrected chi connectivity index (χ0v) is 3.57. The lowest BCUT2D eigenvalue weighted by atomic mass is 11.7. The summed E-state index contributed by atoms with van der Waals surface area (Å²) in [6.45, 7) is 0. The number of isocyanates is 1. The van der Waals surface area contributed by atoms with Gasteiger partial charge in [-0.1, -0.05) is 0 Å². The van der Waals surface area contributed by atoms with Gasteiger partial charge in [-0.2, -0.15) is 0 Å². The molecule has 0 radical (unpaired) electrons. The summed E-state index contributed by atoms with van der Waals surface area (Å²) >= 11 is 0.497. The highest BCUT2D eigenvalue weighted by Gasteiger charge is 1.64. The Morgan fingerprint density at radius 1 is 2.00 bits per heavy atom. The van der Waals surface area contributed by atoms with Gasteiger partial charge in [-0.05, 0) is 0 Å². The van der Waals surface area contributed by atoms with Gasteiger partial charge < -0.3 is 0 Å². The van der Waals surface area contributed by atoms with Crippen molar-refractivity contribution in [1.29, 1.82) is 0 Å². The van der Waals surface area contributed by atoms with Gasteiger partial charge in [-0.15, -0.1) is 0 Å². The third kappa shape index (κ3) is 3.49. The Labute approximate surface area is 38.7 Å². The van der Waals surface area contributed by atoms with Crippen LogP contribution in [0.4, 0.5) is 0 Å². The summed E-state index contributed by atoms with van der Waals surface area (Å²) in [4.78, 5) is 9.08. The first kappa shape index (κ1) is 5.49. The van der Waals surface area contributed by atoms with E-state index < -0.39 is 0 Å². The van der Waals surface area contributed by atoms with E-state index in [1.807, 2.05) is 0 Å². The second-order valence-electron chi connectivity index (χ2n) is 0.353. The van der Waals surface area contributed by atoms with Gasteiger partial charge in [-0.3, -0.25) is 4.28 Å². The molecule has 0 aliphatic heterocycles. The Kier molecular flexibility index (Phi) is 4.11. The summed E-state index contributed by atoms with van der Waals surface area (Å²) in [6, 6.07) is 0. The minimum Gasteiger partial charge on any atom is -0.294 e. The van der Waals surface area contributed by atoms with E-state index in [1.165, 1.54) is 0 Å². The number of hydrogen-bond acceptors (Lipinski definition) is 5. The van der Waals surface area contributed by atoms with Crippen molar-refractivity contribution in [3.05, 3.63) is 0 Å². The van der Waals surface area contributed by atoms with Gasteiger partial charge in [0.1, 0.15) is 0 Å². The van der Waals surface area contributed by atoms with Crippen LogP contribution >= 0.6 is 12.2 Å². The van der Waals surface area contributed by atoms with Crippen LogP contribution < -0.4 is 5.14 Å². The average molecular weight is 106 g/mol. The number of carbonyl (C=O) groups excluding carboxylic acids is 1. The fraction of sp³-hybridized carbons (Fsp3) is 0. The van der Waals surface area contributed by atoms with Crippen molar-refractivity contribution < 1.29 is 9.08 Å². The Morgan fingerprint density at radius 2 is 2.67 bits per heavy atom. The Morgan fingerprint density at radius 3 is 2.83 bits per heavy atom. The maximum atomic E-state index is 9.08. The van der Waals surface area contributed by atoms with E-state index in [9.17, 15) is 0 Å². The van der Waals surface area contributed by atoms with E-state index >= 15 is 0 Å². The van der Waals surface area contributed by atoms with Crippen LogP contribution in [0.5, 0.6) is 0 Å². The topological polar surface area (TPSA) is 64.7 Å². The van der Waals surface area contributed by atoms with Crippen LogP contribution in [0.2, 0.25) is 0 Å². The van der Waals surface area contributed by atoms with Gasteiger partial charge in [-0.25, -0.2) is 9.93 Å². The van der Waals surface area contributed by atoms with Crippen molar-refractivity contribution in [1.82, 2.24) is 0 Å². The molecule has 4 nitrogen and oxygen atoms in total. The standard InChI is InChI=1S/CH2N2O2S/c2-6-5-3-1-4/h2H2. The predicted octanol–water partition coefficient (Wildman–Crippen LogP) is -0.224. The Balaban J connectivity index is 2.86. The van der Waals surface area contributed by atoms with Crippen LogP contribution in [0.3, 0.4) is 0 Å². The highest BCUT2D eigenvalue weighted by molar-refractivity contribution is 7.92. The molecule has 34 valence electrons. The van der Waals surface area contributed by atoms with Gasteiger partial charge in [0.15, 0.2) is 12.2 Å². The van der Waals surface area contributed by atoms with Gasteiger partial charge >= 0.3 is 0 Å². The normalized spacial score (nSPS) is 6.17. The molecule has 0 aromatic carbocycles. The maximum Gasteiger partial charge on any atom is 0.277 e. The molecule has 0 rings (SSSR count). The van der Waals surface area contributed by atoms with Crippen LogP contribution in [0.25, 0.3) is 0 Å². The van der Waals surface area contributed by atoms with Crippen LogP contribution in [0, 0.1) is 0 Å². The fourth-order valence-corrected chi connectivity index (χ4v) is 0.110. The van der Waals surface area contributed by atoms with E-state index in [-0.39, 0.29) is 0 Å². The zero-order valence-electron chi connectivity index (χ0n) is 2.75. The van der Waals surface area contributed by atoms with Crippen molar-refractivity contribution in [2.75, 3.05) is 0 Å². The van der Waals surface area contributed by atoms with E-state index in [2.05, 4.69) is 14.6 Å². The lowest BCUT2D eigenvalue weighted by Gasteiger charge is -1.75. The smallest absolute Gasteiger partial charge is 0.277 e. The summed E-state index contributed by atoms with van der Waals surface area (Å²) < 4.78 is 3.88. The first-order valence-corrected chi connectivity index (χ1v) is 1.82. The molecule has 0 amide bonds. The van der Waals surface area contributed by atoms with Gasteiger partial charge in [0.25, 0.3) is 6.08 Å². The van der Waals surface area contributed by atoms with Crippen molar-refractivity contribution in [2.24, 2.45) is 10.3 Å². The fourth-order valence-electron chi connectivity index (χ4n) is 0.0367. The van der Waals surface area contributed by atoms with E-state index in [4.69, 9.17) is 4.79 Å². The Hall–Kier alpha value is -0.510. The minimum atomic E-state index is 0.497. The second kappa shape index (κ2) is 4.49. The predicted molar refractivity (Wildman–Crippen MR) is 21.0 cm³/mol. The molecule has 0 aromatic rings. The van der Waals surface area contributed by atoms with Crippen LogP contribution in [0.1, 0.15) is 0 Å². The average Bonchev–Trinajstić information content (AvgIpc) is 1.61. The molecule has 2 N–H and O–H groups in total. The monoisotopic (exact) mass is 106 g/mol. The zero-order chi connectivity index (χ0) is 4.83. The van der Waals surface area contributed by atoms with E-state index in [1.54, 1.807) is 0 Å². The molecule has 0 aliphatic carbocycles. The molecule has 0 bridgehead atoms. The molecule has 5 heteroatoms. The van der Waals surface area contributed by atoms with Crippen LogP contribution in [-0.4, -0.2) is 6.08 Å². The molecule has 0 unspecified atom stereocenters. The summed E-state index contributed by atoms with van der Waals surface area (Å²) in [7, 11) is 0. The number of nitrogens with two attached hydrogens (primary N) is 1. The third-order valence-electron chi connectivity index (χ3n) is 0.118. The van der Waals surface area contributed by atoms with Gasteiger partial charge in [0.2, 0.25) is 0 Å². The first-order valence-electron chi connectivity index (χ1n) is 1.01. The largest absolute Gasteiger partial charge is 0.294 e. The summed E-state index contributed by atoms with van der Waals surface area (Å²) in [5.74, 6) is 0. The summed E-state index contributed by atoms with van der Waals surface area (Å²) in [6.07, 6.45) is 1.12. The quantitative estimate of drug-likeness (QED) is 0.174. The molecular weight excluding hydrogens is 104 g/mol. The maximum absolute atomic E-state index is 9.08. The van der Waals surface area contributed by atoms with Crippen LogP contribution in [0.15, 0.2) is 5.16 Å². The van der Waals surface area contributed by atoms with E-state index in [0.29, 0.717) is 12.2 Å². The molecule has 0 atom stereocenters. The minimum absolute atomic E-state index is 0.497. The molecule has 0 heterocycles. The lowest BCUT2D eigenvalue weighted by molar-refractivity contribution is 0.397. The van der Waals surface area contributed by atoms with Crippen molar-refractivity contribution in [2.45, 2.75) is 0 Å². The Bertz CT molecular complexity index is 67.9. The van der Waals surface area contributed by atoms with Gasteiger partial charge in [0, 0.05) is 5.16 Å². The van der Waals surface area contributed by atoms with Crippen molar-refractivity contribution >= 4 is 18.3 Å². The highest BCUT2D eigenvalue weighted by atomic mass is 32.2. The van der Waals surface area contributed by atoms with Crippen LogP contribution in [-0.2, 0) is 9.08 Å². The number of hydrogen-bond donors (Lipinski definition) is 1.